The fraction of sp³-hybridized carbons (Fsp3) is 0.0500. The first kappa shape index (κ1) is 77.4. The van der Waals surface area contributed by atoms with Crippen LogP contribution in [-0.4, -0.2) is 78.0 Å². The van der Waals surface area contributed by atoms with Crippen molar-refractivity contribution in [1.82, 2.24) is 24.9 Å². The maximum atomic E-state index is 10.5. The van der Waals surface area contributed by atoms with Crippen LogP contribution in [0.2, 0.25) is 0 Å². The number of benzene rings is 14. The van der Waals surface area contributed by atoms with Gasteiger partial charge in [0.05, 0.1) is 59.6 Å². The van der Waals surface area contributed by atoms with Crippen molar-refractivity contribution in [2.24, 2.45) is 9.98 Å². The van der Waals surface area contributed by atoms with Crippen LogP contribution in [0.1, 0.15) is 33.4 Å². The maximum Gasteiger partial charge on any atom is 0.164 e. The molecule has 0 saturated carbocycles. The van der Waals surface area contributed by atoms with E-state index < -0.39 is 5.41 Å². The Kier molecular flexibility index (Phi) is 22.5. The summed E-state index contributed by atoms with van der Waals surface area (Å²) in [5.41, 5.74) is 18.1. The standard InChI is InChI=1S/C40H25N3.2C17H11NOS.2C13H11NOS.2Zn/c1-3-13-26(14-4-1)37-41-38(27-15-5-2-6-16-27)43-39(42-37)28-23-24-32-31-19-9-12-22-35(31)40(36(32)25-28)33-20-10-7-17-29(33)30-18-8-11-21-34(30)40;2*19-16-12-6-2-1-5-11(12)9-10-13(16)17-18-14-7-3-4-8-15(14)20-17;2*15-11-7-3-1-5-9(11)13-14-10-6-2-4-8-12(10)16-13;;/h1-25H;2*1-10,19H;2*1-8,10,12,15H;;. The summed E-state index contributed by atoms with van der Waals surface area (Å²) < 4.78 is 2.27. The minimum atomic E-state index is -0.410. The summed E-state index contributed by atoms with van der Waals surface area (Å²) in [6, 6.07) is 109. The van der Waals surface area contributed by atoms with Gasteiger partial charge >= 0.3 is 0 Å². The molecule has 0 amide bonds. The van der Waals surface area contributed by atoms with Crippen LogP contribution in [0.3, 0.4) is 0 Å². The maximum absolute atomic E-state index is 10.5. The molecule has 14 aromatic carbocycles. The molecule has 4 N–H and O–H groups in total. The molecule has 0 fully saturated rings. The van der Waals surface area contributed by atoms with Crippen LogP contribution in [0.25, 0.3) is 120 Å². The predicted molar refractivity (Wildman–Crippen MR) is 477 cm³/mol. The number of aromatic nitrogens is 5. The summed E-state index contributed by atoms with van der Waals surface area (Å²) in [7, 11) is 0. The molecule has 4 aliphatic carbocycles. The summed E-state index contributed by atoms with van der Waals surface area (Å²) in [5.74, 6) is 3.23. The van der Waals surface area contributed by atoms with E-state index in [1.807, 2.05) is 194 Å². The van der Waals surface area contributed by atoms with Crippen molar-refractivity contribution in [3.05, 3.63) is 404 Å². The number of rotatable bonds is 7. The Morgan fingerprint density at radius 2 is 0.632 bits per heavy atom. The van der Waals surface area contributed by atoms with E-state index in [9.17, 15) is 20.4 Å². The zero-order chi connectivity index (χ0) is 77.4. The largest absolute Gasteiger partial charge is 0.507 e. The molecule has 3 aromatic heterocycles. The molecule has 6 aliphatic rings. The van der Waals surface area contributed by atoms with Gasteiger partial charge in [-0.2, -0.15) is 0 Å². The number of aliphatic imine (C=N–C) groups is 2. The number of thiazole rings is 2. The second kappa shape index (κ2) is 34.0. The van der Waals surface area contributed by atoms with Crippen molar-refractivity contribution in [2.45, 2.75) is 28.0 Å². The Hall–Kier alpha value is -12.2. The molecule has 556 valence electrons. The van der Waals surface area contributed by atoms with Gasteiger partial charge in [-0.1, -0.05) is 327 Å². The van der Waals surface area contributed by atoms with Crippen molar-refractivity contribution in [1.29, 1.82) is 0 Å². The average molecular weight is 1690 g/mol. The molecule has 11 nitrogen and oxygen atoms in total. The molecule has 0 bridgehead atoms. The van der Waals surface area contributed by atoms with Crippen LogP contribution in [0.15, 0.2) is 380 Å². The Balaban J connectivity index is 0.000000112. The van der Waals surface area contributed by atoms with Gasteiger partial charge in [-0.25, -0.2) is 24.9 Å². The van der Waals surface area contributed by atoms with E-state index in [1.54, 1.807) is 58.3 Å². The molecule has 23 rings (SSSR count). The van der Waals surface area contributed by atoms with Gasteiger partial charge in [0, 0.05) is 77.5 Å². The molecule has 0 radical (unpaired) electrons. The fourth-order valence-electron chi connectivity index (χ4n) is 15.8. The van der Waals surface area contributed by atoms with Gasteiger partial charge in [-0.05, 0) is 122 Å². The first-order valence-corrected chi connectivity index (χ1v) is 41.3. The van der Waals surface area contributed by atoms with Gasteiger partial charge in [-0.15, -0.1) is 22.7 Å². The average Bonchev–Trinajstić information content (AvgIpc) is 1.51. The van der Waals surface area contributed by atoms with E-state index in [0.717, 1.165) is 101 Å². The van der Waals surface area contributed by atoms with E-state index in [1.165, 1.54) is 44.5 Å². The van der Waals surface area contributed by atoms with Gasteiger partial charge in [0.25, 0.3) is 0 Å². The van der Waals surface area contributed by atoms with Crippen LogP contribution in [-0.2, 0) is 44.4 Å². The second-order valence-corrected chi connectivity index (χ2v) is 32.5. The molecule has 1 spiro atoms. The van der Waals surface area contributed by atoms with Gasteiger partial charge in [-0.3, -0.25) is 9.98 Å². The fourth-order valence-corrected chi connectivity index (χ4v) is 20.2. The van der Waals surface area contributed by atoms with Crippen LogP contribution >= 0.6 is 46.2 Å². The SMILES string of the molecule is Oc1c(-c2nc3ccccc3s2)ccc2ccccc12.Oc1c(-c2nc3ccccc3s2)ccc2ccccc12.Oc1ccccc1C1=NC2C=CC=CC2S1.Oc1ccccc1C1=NC2C=CC=CC2S1.[Zn].[Zn].c1ccc(-c2nc(-c3ccccc3)nc(-c3ccc4c(c3)C3(c5ccccc5-c5ccccc53)c3ccccc3-4)n2)cc1. The molecule has 4 atom stereocenters. The minimum absolute atomic E-state index is 0. The number of aromatic hydroxyl groups is 4. The minimum Gasteiger partial charge on any atom is -0.507 e. The van der Waals surface area contributed by atoms with Crippen molar-refractivity contribution in [3.63, 3.8) is 0 Å². The molecule has 4 unspecified atom stereocenters. The van der Waals surface area contributed by atoms with Crippen molar-refractivity contribution in [2.75, 3.05) is 0 Å². The molecule has 2 aliphatic heterocycles. The van der Waals surface area contributed by atoms with Crippen molar-refractivity contribution < 1.29 is 59.4 Å². The summed E-state index contributed by atoms with van der Waals surface area (Å²) in [4.78, 5) is 33.5. The number of hydrogen-bond donors (Lipinski definition) is 4. The predicted octanol–water partition coefficient (Wildman–Crippen LogP) is 24.4. The topological polar surface area (TPSA) is 170 Å². The Bertz CT molecular complexity index is 6390. The number of nitrogens with zero attached hydrogens (tertiary/aromatic N) is 7. The normalized spacial score (nSPS) is 16.0. The Labute approximate surface area is 718 Å². The zero-order valence-electron chi connectivity index (χ0n) is 63.0. The van der Waals surface area contributed by atoms with E-state index in [-0.39, 0.29) is 51.0 Å². The van der Waals surface area contributed by atoms with E-state index in [4.69, 9.17) is 15.0 Å². The summed E-state index contributed by atoms with van der Waals surface area (Å²) in [6.07, 6.45) is 16.7. The van der Waals surface area contributed by atoms with Crippen LogP contribution in [0, 0.1) is 0 Å². The van der Waals surface area contributed by atoms with Crippen LogP contribution < -0.4 is 0 Å². The van der Waals surface area contributed by atoms with Gasteiger partial charge in [0.15, 0.2) is 17.5 Å². The summed E-state index contributed by atoms with van der Waals surface area (Å²) in [5, 5.41) is 48.7. The number of hydrogen-bond acceptors (Lipinski definition) is 15. The number of fused-ring (bicyclic) bond motifs is 16. The van der Waals surface area contributed by atoms with E-state index in [0.29, 0.717) is 51.0 Å². The quantitative estimate of drug-likeness (QED) is 0.112. The number of allylic oxidation sites excluding steroid dienone is 4. The van der Waals surface area contributed by atoms with Crippen molar-refractivity contribution >= 4 is 98.3 Å². The molecular formula is C100H69N7O4S4Zn2. The molecule has 5 heterocycles. The van der Waals surface area contributed by atoms with Crippen LogP contribution in [0.4, 0.5) is 0 Å². The molecule has 0 saturated heterocycles. The first-order valence-electron chi connectivity index (χ1n) is 37.9. The number of phenols is 4. The van der Waals surface area contributed by atoms with E-state index >= 15 is 0 Å². The number of para-hydroxylation sites is 4. The van der Waals surface area contributed by atoms with Gasteiger partial charge in [0.2, 0.25) is 0 Å². The molecule has 17 aromatic rings. The van der Waals surface area contributed by atoms with Gasteiger partial charge in [0.1, 0.15) is 43.1 Å². The zero-order valence-corrected chi connectivity index (χ0v) is 72.2. The third kappa shape index (κ3) is 15.0. The molecule has 117 heavy (non-hydrogen) atoms. The molecular weight excluding hydrogens is 1620 g/mol. The van der Waals surface area contributed by atoms with Gasteiger partial charge < -0.3 is 20.4 Å². The first-order chi connectivity index (χ1) is 56.7. The van der Waals surface area contributed by atoms with Crippen LogP contribution in [0.5, 0.6) is 23.0 Å². The second-order valence-electron chi connectivity index (χ2n) is 28.1. The van der Waals surface area contributed by atoms with E-state index in [2.05, 4.69) is 184 Å². The Morgan fingerprint density at radius 1 is 0.282 bits per heavy atom. The Morgan fingerprint density at radius 3 is 1.06 bits per heavy atom. The summed E-state index contributed by atoms with van der Waals surface area (Å²) in [6.45, 7) is 0. The smallest absolute Gasteiger partial charge is 0.164 e. The molecule has 17 heteroatoms. The van der Waals surface area contributed by atoms with Crippen molar-refractivity contribution in [3.8, 4) is 101 Å². The summed E-state index contributed by atoms with van der Waals surface area (Å²) >= 11 is 6.63. The third-order valence-corrected chi connectivity index (χ3v) is 25.9. The monoisotopic (exact) mass is 1690 g/mol. The number of phenolic OH excluding ortho intramolecular Hbond substituents is 4. The third-order valence-electron chi connectivity index (χ3n) is 21.2. The number of thioether (sulfide) groups is 2.